The summed E-state index contributed by atoms with van der Waals surface area (Å²) >= 11 is 0. The third-order valence-electron chi connectivity index (χ3n) is 3.54. The van der Waals surface area contributed by atoms with Gasteiger partial charge in [-0.25, -0.2) is 21.6 Å². The van der Waals surface area contributed by atoms with E-state index < -0.39 is 25.6 Å². The summed E-state index contributed by atoms with van der Waals surface area (Å²) in [6.07, 6.45) is 1.57. The van der Waals surface area contributed by atoms with Crippen molar-refractivity contribution in [3.05, 3.63) is 24.3 Å². The lowest BCUT2D eigenvalue weighted by atomic mass is 10.1. The first kappa shape index (κ1) is 21.3. The highest BCUT2D eigenvalue weighted by atomic mass is 35.5. The number of hydrogen-bond acceptors (Lipinski definition) is 5. The Morgan fingerprint density at radius 2 is 1.58 bits per heavy atom. The normalized spacial score (nSPS) is 16.8. The minimum Gasteiger partial charge on any atom is -0.324 e. The Kier molecular flexibility index (Phi) is 6.82. The van der Waals surface area contributed by atoms with E-state index in [0.717, 1.165) is 12.8 Å². The number of benzene rings is 1. The van der Waals surface area contributed by atoms with Gasteiger partial charge < -0.3 is 5.73 Å². The number of hydrogen-bond donors (Lipinski definition) is 2. The molecule has 0 bridgehead atoms. The summed E-state index contributed by atoms with van der Waals surface area (Å²) in [6, 6.07) is 5.66. The van der Waals surface area contributed by atoms with Gasteiger partial charge in [-0.1, -0.05) is 12.1 Å². The molecule has 138 valence electrons. The highest BCUT2D eigenvalue weighted by molar-refractivity contribution is 7.92. The number of halogens is 1. The molecule has 0 aliphatic carbocycles. The van der Waals surface area contributed by atoms with Crippen molar-refractivity contribution in [3.63, 3.8) is 0 Å². The maximum Gasteiger partial charge on any atom is 0.244 e. The maximum absolute atomic E-state index is 12.7. The number of rotatable bonds is 6. The molecule has 3 N–H and O–H groups in total. The summed E-state index contributed by atoms with van der Waals surface area (Å²) in [5.41, 5.74) is 5.05. The molecule has 0 aromatic heterocycles. The second-order valence-corrected chi connectivity index (χ2v) is 10.0. The van der Waals surface area contributed by atoms with Crippen LogP contribution >= 0.6 is 12.4 Å². The highest BCUT2D eigenvalue weighted by Crippen LogP contribution is 2.26. The molecule has 10 heteroatoms. The van der Waals surface area contributed by atoms with Crippen LogP contribution in [0.2, 0.25) is 0 Å². The van der Waals surface area contributed by atoms with Crippen molar-refractivity contribution >= 4 is 32.5 Å². The van der Waals surface area contributed by atoms with Crippen molar-refractivity contribution < 1.29 is 16.8 Å². The smallest absolute Gasteiger partial charge is 0.244 e. The Hall–Kier alpha value is -0.710. The van der Waals surface area contributed by atoms with Crippen LogP contribution in [-0.2, 0) is 20.0 Å². The zero-order chi connectivity index (χ0) is 17.3. The van der Waals surface area contributed by atoms with E-state index in [1.165, 1.54) is 28.6 Å². The fourth-order valence-electron chi connectivity index (χ4n) is 2.31. The molecule has 24 heavy (non-hydrogen) atoms. The molecule has 1 saturated heterocycles. The van der Waals surface area contributed by atoms with Crippen molar-refractivity contribution in [1.29, 1.82) is 0 Å². The summed E-state index contributed by atoms with van der Waals surface area (Å²) < 4.78 is 54.2. The van der Waals surface area contributed by atoms with Crippen LogP contribution in [0.4, 0.5) is 0 Å². The summed E-state index contributed by atoms with van der Waals surface area (Å²) in [4.78, 5) is -0.430. The lowest BCUT2D eigenvalue weighted by Gasteiger charge is -2.21. The summed E-state index contributed by atoms with van der Waals surface area (Å²) in [6.45, 7) is 4.21. The lowest BCUT2D eigenvalue weighted by molar-refractivity contribution is 0.474. The molecule has 0 radical (unpaired) electrons. The minimum absolute atomic E-state index is 0. The van der Waals surface area contributed by atoms with Crippen molar-refractivity contribution in [1.82, 2.24) is 9.03 Å². The van der Waals surface area contributed by atoms with E-state index in [4.69, 9.17) is 5.73 Å². The highest BCUT2D eigenvalue weighted by Gasteiger charge is 2.32. The standard InChI is InChI=1S/C14H23N3O4S2.ClH/c1-14(2,15)11-16-22(18,19)12-7-3-4-8-13(12)23(20,21)17-9-5-6-10-17;/h3-4,7-8,16H,5-6,9-11,15H2,1-2H3;1H. The lowest BCUT2D eigenvalue weighted by Crippen LogP contribution is -2.45. The van der Waals surface area contributed by atoms with Gasteiger partial charge in [-0.3, -0.25) is 0 Å². The second kappa shape index (κ2) is 7.67. The molecule has 1 aliphatic heterocycles. The third kappa shape index (κ3) is 4.90. The first-order chi connectivity index (χ1) is 10.5. The van der Waals surface area contributed by atoms with E-state index in [9.17, 15) is 16.8 Å². The van der Waals surface area contributed by atoms with Gasteiger partial charge in [-0.2, -0.15) is 4.31 Å². The molecule has 0 saturated carbocycles. The van der Waals surface area contributed by atoms with E-state index in [2.05, 4.69) is 4.72 Å². The van der Waals surface area contributed by atoms with Gasteiger partial charge in [-0.05, 0) is 38.8 Å². The molecule has 1 heterocycles. The van der Waals surface area contributed by atoms with Crippen LogP contribution < -0.4 is 10.5 Å². The molecule has 2 rings (SSSR count). The van der Waals surface area contributed by atoms with Crippen LogP contribution in [0.25, 0.3) is 0 Å². The summed E-state index contributed by atoms with van der Waals surface area (Å²) in [7, 11) is -7.80. The average molecular weight is 398 g/mol. The Bertz CT molecular complexity index is 767. The molecule has 0 atom stereocenters. The number of nitrogens with two attached hydrogens (primary N) is 1. The Morgan fingerprint density at radius 3 is 2.08 bits per heavy atom. The first-order valence-electron chi connectivity index (χ1n) is 7.42. The fourth-order valence-corrected chi connectivity index (χ4v) is 5.85. The van der Waals surface area contributed by atoms with Crippen LogP contribution in [0.1, 0.15) is 26.7 Å². The van der Waals surface area contributed by atoms with Gasteiger partial charge in [-0.15, -0.1) is 12.4 Å². The quantitative estimate of drug-likeness (QED) is 0.741. The fraction of sp³-hybridized carbons (Fsp3) is 0.571. The topological polar surface area (TPSA) is 110 Å². The van der Waals surface area contributed by atoms with Crippen LogP contribution in [0.3, 0.4) is 0 Å². The van der Waals surface area contributed by atoms with Gasteiger partial charge in [0.25, 0.3) is 0 Å². The van der Waals surface area contributed by atoms with Crippen LogP contribution in [0.15, 0.2) is 34.1 Å². The van der Waals surface area contributed by atoms with Crippen molar-refractivity contribution in [2.75, 3.05) is 19.6 Å². The Balaban J connectivity index is 0.00000288. The largest absolute Gasteiger partial charge is 0.324 e. The zero-order valence-electron chi connectivity index (χ0n) is 13.7. The molecule has 1 aromatic carbocycles. The average Bonchev–Trinajstić information content (AvgIpc) is 2.99. The van der Waals surface area contributed by atoms with Gasteiger partial charge >= 0.3 is 0 Å². The summed E-state index contributed by atoms with van der Waals surface area (Å²) in [5, 5.41) is 0. The van der Waals surface area contributed by atoms with E-state index >= 15 is 0 Å². The van der Waals surface area contributed by atoms with Crippen LogP contribution in [-0.4, -0.2) is 46.3 Å². The van der Waals surface area contributed by atoms with Gasteiger partial charge in [0.1, 0.15) is 9.79 Å². The van der Waals surface area contributed by atoms with E-state index in [1.54, 1.807) is 13.8 Å². The molecule has 7 nitrogen and oxygen atoms in total. The number of nitrogens with one attached hydrogen (secondary N) is 1. The van der Waals surface area contributed by atoms with Gasteiger partial charge in [0.15, 0.2) is 0 Å². The number of sulfonamides is 2. The Labute approximate surface area is 150 Å². The molecule has 1 aliphatic rings. The molecular formula is C14H24ClN3O4S2. The van der Waals surface area contributed by atoms with Gasteiger partial charge in [0.2, 0.25) is 20.0 Å². The predicted molar refractivity (Wildman–Crippen MR) is 95.1 cm³/mol. The molecule has 1 aromatic rings. The van der Waals surface area contributed by atoms with Crippen LogP contribution in [0, 0.1) is 0 Å². The molecule has 1 fully saturated rings. The SMILES string of the molecule is CC(C)(N)CNS(=O)(=O)c1ccccc1S(=O)(=O)N1CCCC1.Cl. The third-order valence-corrected chi connectivity index (χ3v) is 7.08. The predicted octanol–water partition coefficient (Wildman–Crippen LogP) is 0.908. The minimum atomic E-state index is -3.97. The summed E-state index contributed by atoms with van der Waals surface area (Å²) in [5.74, 6) is 0. The second-order valence-electron chi connectivity index (χ2n) is 6.37. The number of nitrogens with zero attached hydrogens (tertiary/aromatic N) is 1. The van der Waals surface area contributed by atoms with E-state index in [-0.39, 0.29) is 28.7 Å². The van der Waals surface area contributed by atoms with Crippen molar-refractivity contribution in [2.45, 2.75) is 42.0 Å². The van der Waals surface area contributed by atoms with E-state index in [1.807, 2.05) is 0 Å². The Morgan fingerprint density at radius 1 is 1.08 bits per heavy atom. The first-order valence-corrected chi connectivity index (χ1v) is 10.3. The molecule has 0 amide bonds. The molecular weight excluding hydrogens is 374 g/mol. The van der Waals surface area contributed by atoms with Crippen LogP contribution in [0.5, 0.6) is 0 Å². The van der Waals surface area contributed by atoms with Gasteiger partial charge in [0.05, 0.1) is 0 Å². The van der Waals surface area contributed by atoms with Crippen molar-refractivity contribution in [3.8, 4) is 0 Å². The molecule has 0 unspecified atom stereocenters. The zero-order valence-corrected chi connectivity index (χ0v) is 16.2. The monoisotopic (exact) mass is 397 g/mol. The van der Waals surface area contributed by atoms with Crippen molar-refractivity contribution in [2.24, 2.45) is 5.73 Å². The van der Waals surface area contributed by atoms with E-state index in [0.29, 0.717) is 13.1 Å². The molecule has 0 spiro atoms. The van der Waals surface area contributed by atoms with Gasteiger partial charge in [0, 0.05) is 25.2 Å². The maximum atomic E-state index is 12.7.